The third-order valence-electron chi connectivity index (χ3n) is 8.88. The number of rotatable bonds is 5. The zero-order valence-corrected chi connectivity index (χ0v) is 25.5. The van der Waals surface area contributed by atoms with Crippen molar-refractivity contribution in [1.82, 2.24) is 9.13 Å². The van der Waals surface area contributed by atoms with Gasteiger partial charge in [0, 0.05) is 32.9 Å². The molecule has 0 spiro atoms. The Kier molecular flexibility index (Phi) is 6.14. The van der Waals surface area contributed by atoms with Crippen molar-refractivity contribution < 1.29 is 0 Å². The van der Waals surface area contributed by atoms with Gasteiger partial charge >= 0.3 is 0 Å². The van der Waals surface area contributed by atoms with Gasteiger partial charge in [0.25, 0.3) is 0 Å². The third kappa shape index (κ3) is 4.14. The molecule has 0 amide bonds. The van der Waals surface area contributed by atoms with Gasteiger partial charge < -0.3 is 9.13 Å². The van der Waals surface area contributed by atoms with Crippen molar-refractivity contribution in [2.45, 2.75) is 0 Å². The zero-order chi connectivity index (χ0) is 29.7. The molecule has 2 nitrogen and oxygen atoms in total. The molecule has 2 heterocycles. The van der Waals surface area contributed by atoms with Gasteiger partial charge in [-0.1, -0.05) is 133 Å². The van der Waals surface area contributed by atoms with Crippen molar-refractivity contribution in [3.05, 3.63) is 176 Å². The van der Waals surface area contributed by atoms with Crippen LogP contribution in [-0.2, 0) is 0 Å². The van der Waals surface area contributed by atoms with Crippen molar-refractivity contribution in [2.75, 3.05) is 0 Å². The molecule has 9 aromatic rings. The van der Waals surface area contributed by atoms with E-state index < -0.39 is 7.92 Å². The van der Waals surface area contributed by atoms with Crippen LogP contribution >= 0.6 is 7.92 Å². The summed E-state index contributed by atoms with van der Waals surface area (Å²) in [5.41, 5.74) is 7.25. The predicted octanol–water partition coefficient (Wildman–Crippen LogP) is 9.64. The van der Waals surface area contributed by atoms with Crippen LogP contribution in [0.15, 0.2) is 176 Å². The number of benzene rings is 7. The van der Waals surface area contributed by atoms with E-state index in [0.717, 1.165) is 0 Å². The molecular weight excluding hydrogens is 563 g/mol. The number of fused-ring (bicyclic) bond motifs is 7. The Morgan fingerprint density at radius 2 is 0.800 bits per heavy atom. The molecule has 7 aromatic carbocycles. The van der Waals surface area contributed by atoms with Crippen molar-refractivity contribution in [1.29, 1.82) is 0 Å². The van der Waals surface area contributed by atoms with Crippen LogP contribution in [0.25, 0.3) is 55.0 Å². The Bertz CT molecular complexity index is 2420. The molecule has 0 unspecified atom stereocenters. The summed E-state index contributed by atoms with van der Waals surface area (Å²) in [5.74, 6) is 0. The van der Waals surface area contributed by atoms with Crippen molar-refractivity contribution in [3.8, 4) is 11.4 Å². The number of hydrogen-bond acceptors (Lipinski definition) is 0. The van der Waals surface area contributed by atoms with Crippen LogP contribution < -0.4 is 15.9 Å². The van der Waals surface area contributed by atoms with Crippen LogP contribution in [0, 0.1) is 0 Å². The second kappa shape index (κ2) is 10.6. The van der Waals surface area contributed by atoms with Crippen molar-refractivity contribution >= 4 is 67.4 Å². The lowest BCUT2D eigenvalue weighted by Crippen LogP contribution is -2.20. The predicted molar refractivity (Wildman–Crippen MR) is 194 cm³/mol. The summed E-state index contributed by atoms with van der Waals surface area (Å²) in [6.07, 6.45) is 0. The fraction of sp³-hybridized carbons (Fsp3) is 0. The SMILES string of the molecule is c1ccc(-n2c3ccccc3c3ccc4c(c5ccccc5n4-c4ccc(P(c5ccccc5)c5ccccc5)cc4)c32)cc1. The maximum Gasteiger partial charge on any atom is 0.0641 e. The van der Waals surface area contributed by atoms with E-state index in [1.54, 1.807) is 0 Å². The van der Waals surface area contributed by atoms with E-state index in [1.807, 2.05) is 0 Å². The molecule has 2 aromatic heterocycles. The molecule has 0 fully saturated rings. The second-order valence-corrected chi connectivity index (χ2v) is 13.6. The number of nitrogens with zero attached hydrogens (tertiary/aromatic N) is 2. The van der Waals surface area contributed by atoms with Gasteiger partial charge in [0.2, 0.25) is 0 Å². The molecule has 3 heteroatoms. The van der Waals surface area contributed by atoms with Crippen LogP contribution in [-0.4, -0.2) is 9.13 Å². The van der Waals surface area contributed by atoms with E-state index in [2.05, 4.69) is 185 Å². The highest BCUT2D eigenvalue weighted by molar-refractivity contribution is 7.79. The normalized spacial score (nSPS) is 11.8. The van der Waals surface area contributed by atoms with Gasteiger partial charge in [-0.2, -0.15) is 0 Å². The molecule has 0 saturated heterocycles. The average molecular weight is 593 g/mol. The Hall–Kier alpha value is -5.43. The van der Waals surface area contributed by atoms with Crippen molar-refractivity contribution in [2.24, 2.45) is 0 Å². The standard InChI is InChI=1S/C42H29N2P/c1-4-14-30(15-5-1)44-38-22-12-10-20-35(38)36-28-29-40-41(42(36)44)37-21-11-13-23-39(37)43(40)31-24-26-34(27-25-31)45(32-16-6-2-7-17-32)33-18-8-3-9-19-33/h1-29H. The molecular formula is C42H29N2P. The van der Waals surface area contributed by atoms with Crippen LogP contribution in [0.3, 0.4) is 0 Å². The van der Waals surface area contributed by atoms with E-state index in [9.17, 15) is 0 Å². The van der Waals surface area contributed by atoms with Gasteiger partial charge in [-0.05, 0) is 66.3 Å². The highest BCUT2D eigenvalue weighted by atomic mass is 31.1. The minimum atomic E-state index is -0.663. The minimum absolute atomic E-state index is 0.663. The Morgan fingerprint density at radius 1 is 0.311 bits per heavy atom. The van der Waals surface area contributed by atoms with Gasteiger partial charge in [0.05, 0.1) is 22.1 Å². The zero-order valence-electron chi connectivity index (χ0n) is 24.6. The van der Waals surface area contributed by atoms with Crippen LogP contribution in [0.2, 0.25) is 0 Å². The molecule has 0 aliphatic carbocycles. The summed E-state index contributed by atoms with van der Waals surface area (Å²) >= 11 is 0. The van der Waals surface area contributed by atoms with E-state index in [4.69, 9.17) is 0 Å². The third-order valence-corrected chi connectivity index (χ3v) is 11.3. The average Bonchev–Trinajstić information content (AvgIpc) is 3.63. The van der Waals surface area contributed by atoms with E-state index in [1.165, 1.54) is 70.9 Å². The smallest absolute Gasteiger partial charge is 0.0641 e. The van der Waals surface area contributed by atoms with E-state index >= 15 is 0 Å². The number of aromatic nitrogens is 2. The topological polar surface area (TPSA) is 9.86 Å². The summed E-state index contributed by atoms with van der Waals surface area (Å²) in [4.78, 5) is 0. The second-order valence-electron chi connectivity index (χ2n) is 11.4. The molecule has 0 aliphatic rings. The molecule has 0 aliphatic heterocycles. The van der Waals surface area contributed by atoms with Gasteiger partial charge in [-0.15, -0.1) is 0 Å². The Labute approximate surface area is 263 Å². The first-order valence-electron chi connectivity index (χ1n) is 15.4. The Balaban J connectivity index is 1.29. The van der Waals surface area contributed by atoms with Crippen molar-refractivity contribution in [3.63, 3.8) is 0 Å². The molecule has 45 heavy (non-hydrogen) atoms. The lowest BCUT2D eigenvalue weighted by molar-refractivity contribution is 1.17. The largest absolute Gasteiger partial charge is 0.309 e. The van der Waals surface area contributed by atoms with Gasteiger partial charge in [0.15, 0.2) is 0 Å². The monoisotopic (exact) mass is 592 g/mol. The Morgan fingerprint density at radius 3 is 1.44 bits per heavy atom. The molecule has 0 radical (unpaired) electrons. The molecule has 0 atom stereocenters. The number of hydrogen-bond donors (Lipinski definition) is 0. The van der Waals surface area contributed by atoms with E-state index in [-0.39, 0.29) is 0 Å². The highest BCUT2D eigenvalue weighted by Gasteiger charge is 2.21. The summed E-state index contributed by atoms with van der Waals surface area (Å²) in [5, 5.41) is 9.16. The van der Waals surface area contributed by atoms with Crippen LogP contribution in [0.5, 0.6) is 0 Å². The molecule has 0 bridgehead atoms. The van der Waals surface area contributed by atoms with Gasteiger partial charge in [0.1, 0.15) is 0 Å². The molecule has 212 valence electrons. The fourth-order valence-corrected chi connectivity index (χ4v) is 9.27. The van der Waals surface area contributed by atoms with Gasteiger partial charge in [-0.25, -0.2) is 0 Å². The molecule has 0 saturated carbocycles. The molecule has 0 N–H and O–H groups in total. The van der Waals surface area contributed by atoms with Crippen LogP contribution in [0.4, 0.5) is 0 Å². The molecule has 9 rings (SSSR count). The number of para-hydroxylation sites is 3. The van der Waals surface area contributed by atoms with Crippen LogP contribution in [0.1, 0.15) is 0 Å². The lowest BCUT2D eigenvalue weighted by Gasteiger charge is -2.20. The summed E-state index contributed by atoms with van der Waals surface area (Å²) in [7, 11) is -0.663. The highest BCUT2D eigenvalue weighted by Crippen LogP contribution is 2.42. The first-order chi connectivity index (χ1) is 22.4. The summed E-state index contributed by atoms with van der Waals surface area (Å²) in [6.45, 7) is 0. The maximum absolute atomic E-state index is 2.44. The maximum atomic E-state index is 2.44. The minimum Gasteiger partial charge on any atom is -0.309 e. The quantitative estimate of drug-likeness (QED) is 0.176. The summed E-state index contributed by atoms with van der Waals surface area (Å²) < 4.78 is 4.88. The first kappa shape index (κ1) is 26.0. The van der Waals surface area contributed by atoms with Gasteiger partial charge in [-0.3, -0.25) is 0 Å². The first-order valence-corrected chi connectivity index (χ1v) is 16.7. The van der Waals surface area contributed by atoms with E-state index in [0.29, 0.717) is 0 Å². The fourth-order valence-electron chi connectivity index (χ4n) is 6.98. The summed E-state index contributed by atoms with van der Waals surface area (Å²) in [6, 6.07) is 64.1. The lowest BCUT2D eigenvalue weighted by atomic mass is 10.1.